The van der Waals surface area contributed by atoms with Gasteiger partial charge >= 0.3 is 5.97 Å². The Morgan fingerprint density at radius 1 is 1.42 bits per heavy atom. The largest absolute Gasteiger partial charge is 0.465 e. The number of aliphatic imine (C=N–C) groups is 1. The minimum Gasteiger partial charge on any atom is -0.465 e. The number of carbonyl (C=O) groups excluding carboxylic acids is 1. The number of methoxy groups -OCH3 is 1. The zero-order valence-corrected chi connectivity index (χ0v) is 17.8. The van der Waals surface area contributed by atoms with Crippen LogP contribution in [0.15, 0.2) is 15.5 Å². The predicted molar refractivity (Wildman–Crippen MR) is 108 cm³/mol. The van der Waals surface area contributed by atoms with E-state index in [4.69, 9.17) is 18.6 Å². The molecule has 1 saturated heterocycles. The first-order valence-electron chi connectivity index (χ1n) is 8.45. The quantitative estimate of drug-likeness (QED) is 0.193. The summed E-state index contributed by atoms with van der Waals surface area (Å²) in [5.74, 6) is 1.45. The molecule has 0 aliphatic carbocycles. The lowest BCUT2D eigenvalue weighted by molar-refractivity contribution is 0.0420. The Hall–Kier alpha value is -1.33. The van der Waals surface area contributed by atoms with Crippen LogP contribution in [0.25, 0.3) is 0 Å². The number of nitrogens with zero attached hydrogens (tertiary/aromatic N) is 1. The number of ether oxygens (including phenoxy) is 3. The monoisotopic (exact) mass is 481 g/mol. The molecule has 9 heteroatoms. The number of hydrogen-bond donors (Lipinski definition) is 2. The summed E-state index contributed by atoms with van der Waals surface area (Å²) in [5.41, 5.74) is 0.440. The molecule has 0 radical (unpaired) electrons. The third-order valence-electron chi connectivity index (χ3n) is 3.88. The van der Waals surface area contributed by atoms with E-state index in [1.54, 1.807) is 20.0 Å². The van der Waals surface area contributed by atoms with Gasteiger partial charge in [-0.2, -0.15) is 0 Å². The molecule has 1 aliphatic rings. The van der Waals surface area contributed by atoms with Crippen molar-refractivity contribution >= 4 is 35.9 Å². The molecule has 26 heavy (non-hydrogen) atoms. The maximum absolute atomic E-state index is 11.6. The van der Waals surface area contributed by atoms with Gasteiger partial charge in [-0.3, -0.25) is 4.99 Å². The van der Waals surface area contributed by atoms with Gasteiger partial charge in [-0.05, 0) is 25.8 Å². The van der Waals surface area contributed by atoms with Crippen LogP contribution in [0.2, 0.25) is 0 Å². The Bertz CT molecular complexity index is 585. The van der Waals surface area contributed by atoms with E-state index in [1.165, 1.54) is 7.11 Å². The van der Waals surface area contributed by atoms with Crippen molar-refractivity contribution < 1.29 is 23.4 Å². The first-order chi connectivity index (χ1) is 12.1. The van der Waals surface area contributed by atoms with Crippen molar-refractivity contribution in [3.63, 3.8) is 0 Å². The first-order valence-corrected chi connectivity index (χ1v) is 8.45. The average Bonchev–Trinajstić information content (AvgIpc) is 3.26. The SMILES string of the molecule is CN=C(NCCCOC1CCOC1)NCc1cc(C(=O)OC)c(C)o1.I. The highest BCUT2D eigenvalue weighted by Crippen LogP contribution is 2.15. The van der Waals surface area contributed by atoms with Gasteiger partial charge in [0.15, 0.2) is 5.96 Å². The lowest BCUT2D eigenvalue weighted by Gasteiger charge is -2.12. The zero-order valence-electron chi connectivity index (χ0n) is 15.5. The van der Waals surface area contributed by atoms with Crippen LogP contribution < -0.4 is 10.6 Å². The Morgan fingerprint density at radius 2 is 2.23 bits per heavy atom. The highest BCUT2D eigenvalue weighted by atomic mass is 127. The minimum absolute atomic E-state index is 0. The Morgan fingerprint density at radius 3 is 2.88 bits per heavy atom. The van der Waals surface area contributed by atoms with Crippen LogP contribution in [0.3, 0.4) is 0 Å². The van der Waals surface area contributed by atoms with Gasteiger partial charge in [0.2, 0.25) is 0 Å². The second-order valence-electron chi connectivity index (χ2n) is 5.74. The van der Waals surface area contributed by atoms with E-state index in [9.17, 15) is 4.79 Å². The highest BCUT2D eigenvalue weighted by molar-refractivity contribution is 14.0. The summed E-state index contributed by atoms with van der Waals surface area (Å²) in [6.07, 6.45) is 2.10. The summed E-state index contributed by atoms with van der Waals surface area (Å²) >= 11 is 0. The molecular formula is C17H28IN3O5. The number of carbonyl (C=O) groups is 1. The van der Waals surface area contributed by atoms with Crippen molar-refractivity contribution in [1.82, 2.24) is 10.6 Å². The fourth-order valence-corrected chi connectivity index (χ4v) is 2.51. The van der Waals surface area contributed by atoms with E-state index in [2.05, 4.69) is 15.6 Å². The number of halogens is 1. The average molecular weight is 481 g/mol. The molecule has 1 aliphatic heterocycles. The van der Waals surface area contributed by atoms with Gasteiger partial charge in [-0.15, -0.1) is 24.0 Å². The van der Waals surface area contributed by atoms with Crippen LogP contribution in [0.5, 0.6) is 0 Å². The molecule has 1 aromatic rings. The molecule has 0 spiro atoms. The molecule has 8 nitrogen and oxygen atoms in total. The van der Waals surface area contributed by atoms with Gasteiger partial charge < -0.3 is 29.3 Å². The maximum atomic E-state index is 11.6. The summed E-state index contributed by atoms with van der Waals surface area (Å²) in [5, 5.41) is 6.36. The zero-order chi connectivity index (χ0) is 18.1. The van der Waals surface area contributed by atoms with Crippen LogP contribution >= 0.6 is 24.0 Å². The number of furan rings is 1. The van der Waals surface area contributed by atoms with Crippen molar-refractivity contribution in [2.75, 3.05) is 40.5 Å². The molecule has 1 unspecified atom stereocenters. The van der Waals surface area contributed by atoms with Crippen molar-refractivity contribution in [3.05, 3.63) is 23.2 Å². The van der Waals surface area contributed by atoms with Gasteiger partial charge in [0.1, 0.15) is 17.1 Å². The lowest BCUT2D eigenvalue weighted by atomic mass is 10.2. The smallest absolute Gasteiger partial charge is 0.341 e. The number of rotatable bonds is 8. The van der Waals surface area contributed by atoms with Crippen molar-refractivity contribution in [2.45, 2.75) is 32.4 Å². The molecule has 0 amide bonds. The maximum Gasteiger partial charge on any atom is 0.341 e. The Labute approximate surface area is 171 Å². The van der Waals surface area contributed by atoms with Gasteiger partial charge in [0.05, 0.1) is 26.4 Å². The van der Waals surface area contributed by atoms with Crippen molar-refractivity contribution in [2.24, 2.45) is 4.99 Å². The number of guanidine groups is 1. The number of esters is 1. The predicted octanol–water partition coefficient (Wildman–Crippen LogP) is 1.85. The summed E-state index contributed by atoms with van der Waals surface area (Å²) in [4.78, 5) is 15.7. The molecule has 0 saturated carbocycles. The van der Waals surface area contributed by atoms with Crippen LogP contribution in [-0.2, 0) is 20.8 Å². The summed E-state index contributed by atoms with van der Waals surface area (Å²) in [6.45, 7) is 5.09. The van der Waals surface area contributed by atoms with E-state index >= 15 is 0 Å². The van der Waals surface area contributed by atoms with E-state index in [0.717, 1.165) is 26.0 Å². The standard InChI is InChI=1S/C17H27N3O5.HI/c1-12-15(16(21)22-3)9-14(25-12)10-20-17(18-2)19-6-4-7-24-13-5-8-23-11-13;/h9,13H,4-8,10-11H2,1-3H3,(H2,18,19,20);1H. The molecular weight excluding hydrogens is 453 g/mol. The van der Waals surface area contributed by atoms with Crippen LogP contribution in [0.1, 0.15) is 34.7 Å². The Balaban J connectivity index is 0.00000338. The normalized spacial score (nSPS) is 16.9. The van der Waals surface area contributed by atoms with E-state index < -0.39 is 5.97 Å². The second kappa shape index (κ2) is 12.1. The summed E-state index contributed by atoms with van der Waals surface area (Å²) in [7, 11) is 3.05. The molecule has 1 aromatic heterocycles. The summed E-state index contributed by atoms with van der Waals surface area (Å²) in [6, 6.07) is 1.68. The molecule has 1 fully saturated rings. The molecule has 0 aromatic carbocycles. The third kappa shape index (κ3) is 7.12. The molecule has 1 atom stereocenters. The lowest BCUT2D eigenvalue weighted by Crippen LogP contribution is -2.37. The van der Waals surface area contributed by atoms with Gasteiger partial charge in [0.25, 0.3) is 0 Å². The highest BCUT2D eigenvalue weighted by Gasteiger charge is 2.16. The topological polar surface area (TPSA) is 94.3 Å². The van der Waals surface area contributed by atoms with Gasteiger partial charge in [-0.25, -0.2) is 4.79 Å². The molecule has 2 rings (SSSR count). The fraction of sp³-hybridized carbons (Fsp3) is 0.647. The molecule has 148 valence electrons. The number of aryl methyl sites for hydroxylation is 1. The third-order valence-corrected chi connectivity index (χ3v) is 3.88. The van der Waals surface area contributed by atoms with E-state index in [1.807, 2.05) is 0 Å². The number of hydrogen-bond acceptors (Lipinski definition) is 6. The molecule has 0 bridgehead atoms. The second-order valence-corrected chi connectivity index (χ2v) is 5.74. The Kier molecular flexibility index (Phi) is 10.6. The van der Waals surface area contributed by atoms with Crippen molar-refractivity contribution in [3.8, 4) is 0 Å². The molecule has 2 heterocycles. The van der Waals surface area contributed by atoms with E-state index in [-0.39, 0.29) is 30.1 Å². The van der Waals surface area contributed by atoms with Crippen LogP contribution in [-0.4, -0.2) is 58.6 Å². The first kappa shape index (κ1) is 22.7. The molecule has 2 N–H and O–H groups in total. The van der Waals surface area contributed by atoms with Crippen LogP contribution in [0, 0.1) is 6.92 Å². The van der Waals surface area contributed by atoms with Crippen molar-refractivity contribution in [1.29, 1.82) is 0 Å². The van der Waals surface area contributed by atoms with Crippen LogP contribution in [0.4, 0.5) is 0 Å². The fourth-order valence-electron chi connectivity index (χ4n) is 2.51. The minimum atomic E-state index is -0.400. The number of nitrogens with one attached hydrogen (secondary N) is 2. The van der Waals surface area contributed by atoms with Gasteiger partial charge in [-0.1, -0.05) is 0 Å². The van der Waals surface area contributed by atoms with E-state index in [0.29, 0.717) is 42.8 Å². The summed E-state index contributed by atoms with van der Waals surface area (Å²) < 4.78 is 21.3. The van der Waals surface area contributed by atoms with Gasteiger partial charge in [0, 0.05) is 26.8 Å².